The Balaban J connectivity index is 0.000000668. The second-order valence-corrected chi connectivity index (χ2v) is 10.1. The Morgan fingerprint density at radius 2 is 1.32 bits per heavy atom. The van der Waals surface area contributed by atoms with Crippen molar-refractivity contribution in [1.29, 1.82) is 0 Å². The minimum Gasteiger partial charge on any atom is -0.465 e. The van der Waals surface area contributed by atoms with E-state index in [4.69, 9.17) is 4.74 Å². The average Bonchev–Trinajstić information content (AvgIpc) is 2.72. The fourth-order valence-electron chi connectivity index (χ4n) is 4.45. The van der Waals surface area contributed by atoms with Crippen LogP contribution in [-0.4, -0.2) is 17.7 Å². The molecule has 1 rings (SSSR count). The first-order chi connectivity index (χ1) is 13.6. The van der Waals surface area contributed by atoms with Crippen LogP contribution in [0.2, 0.25) is 0 Å². The van der Waals surface area contributed by atoms with Crippen molar-refractivity contribution in [2.24, 2.45) is 5.92 Å². The molecule has 0 spiro atoms. The summed E-state index contributed by atoms with van der Waals surface area (Å²) < 4.78 is 4.80. The van der Waals surface area contributed by atoms with Crippen LogP contribution in [0.25, 0.3) is 0 Å². The molecule has 0 N–H and O–H groups in total. The third kappa shape index (κ3) is 13.2. The first kappa shape index (κ1) is 27.9. The van der Waals surface area contributed by atoms with Crippen molar-refractivity contribution in [3.8, 4) is 0 Å². The zero-order valence-electron chi connectivity index (χ0n) is 19.6. The maximum absolute atomic E-state index is 9.85. The van der Waals surface area contributed by atoms with Gasteiger partial charge in [-0.15, -0.1) is 9.24 Å². The molecule has 1 fully saturated rings. The third-order valence-electron chi connectivity index (χ3n) is 6.42. The Kier molecular flexibility index (Phi) is 18.8. The summed E-state index contributed by atoms with van der Waals surface area (Å²) in [7, 11) is 3.32. The maximum atomic E-state index is 9.85. The number of rotatable bonds is 15. The molecule has 2 nitrogen and oxygen atoms in total. The second-order valence-electron chi connectivity index (χ2n) is 8.91. The van der Waals surface area contributed by atoms with Gasteiger partial charge in [0.1, 0.15) is 6.10 Å². The lowest BCUT2D eigenvalue weighted by Gasteiger charge is -2.38. The highest BCUT2D eigenvalue weighted by Crippen LogP contribution is 2.43. The van der Waals surface area contributed by atoms with Crippen molar-refractivity contribution >= 4 is 15.7 Å². The Hall–Kier alpha value is -0.100. The van der Waals surface area contributed by atoms with Gasteiger partial charge < -0.3 is 4.74 Å². The molecule has 1 saturated carbocycles. The SMILES string of the molecule is CCCCC(CCCC)C(P)(CCCC)CCCC.O=COC1CCCCC1. The van der Waals surface area contributed by atoms with E-state index in [-0.39, 0.29) is 6.10 Å². The third-order valence-corrected chi connectivity index (χ3v) is 7.47. The Labute approximate surface area is 179 Å². The molecule has 0 aromatic rings. The van der Waals surface area contributed by atoms with E-state index < -0.39 is 0 Å². The highest BCUT2D eigenvalue weighted by Gasteiger charge is 2.32. The van der Waals surface area contributed by atoms with E-state index in [1.165, 1.54) is 96.3 Å². The van der Waals surface area contributed by atoms with Crippen molar-refractivity contribution in [2.75, 3.05) is 0 Å². The molecule has 0 amide bonds. The van der Waals surface area contributed by atoms with E-state index >= 15 is 0 Å². The van der Waals surface area contributed by atoms with E-state index in [2.05, 4.69) is 36.9 Å². The summed E-state index contributed by atoms with van der Waals surface area (Å²) in [5.41, 5.74) is 0. The highest BCUT2D eigenvalue weighted by molar-refractivity contribution is 7.19. The first-order valence-corrected chi connectivity index (χ1v) is 13.0. The van der Waals surface area contributed by atoms with E-state index in [1.54, 1.807) is 0 Å². The van der Waals surface area contributed by atoms with Crippen LogP contribution in [-0.2, 0) is 9.53 Å². The summed E-state index contributed by atoms with van der Waals surface area (Å²) in [6.45, 7) is 9.89. The predicted octanol–water partition coefficient (Wildman–Crippen LogP) is 8.47. The Morgan fingerprint density at radius 3 is 1.71 bits per heavy atom. The summed E-state index contributed by atoms with van der Waals surface area (Å²) in [5, 5.41) is 0.538. The molecule has 3 heteroatoms. The summed E-state index contributed by atoms with van der Waals surface area (Å²) in [6, 6.07) is 0. The van der Waals surface area contributed by atoms with Gasteiger partial charge in [-0.1, -0.05) is 85.5 Å². The van der Waals surface area contributed by atoms with Gasteiger partial charge in [0, 0.05) is 0 Å². The summed E-state index contributed by atoms with van der Waals surface area (Å²) in [5.74, 6) is 0.940. The second kappa shape index (κ2) is 18.9. The van der Waals surface area contributed by atoms with Crippen LogP contribution in [0.4, 0.5) is 0 Å². The zero-order valence-corrected chi connectivity index (χ0v) is 20.8. The highest BCUT2D eigenvalue weighted by atomic mass is 31.0. The van der Waals surface area contributed by atoms with Gasteiger partial charge in [0.2, 0.25) is 0 Å². The van der Waals surface area contributed by atoms with E-state index in [0.29, 0.717) is 11.6 Å². The minimum atomic E-state index is 0.233. The molecular formula is C25H51O2P. The fourth-order valence-corrected chi connectivity index (χ4v) is 5.19. The van der Waals surface area contributed by atoms with E-state index in [0.717, 1.165) is 18.8 Å². The van der Waals surface area contributed by atoms with E-state index in [9.17, 15) is 4.79 Å². The van der Waals surface area contributed by atoms with E-state index in [1.807, 2.05) is 0 Å². The normalized spacial score (nSPS) is 15.2. The van der Waals surface area contributed by atoms with Crippen LogP contribution in [0.1, 0.15) is 137 Å². The van der Waals surface area contributed by atoms with Crippen LogP contribution in [0.5, 0.6) is 0 Å². The summed E-state index contributed by atoms with van der Waals surface area (Å²) in [4.78, 5) is 9.85. The molecule has 1 unspecified atom stereocenters. The zero-order chi connectivity index (χ0) is 21.1. The van der Waals surface area contributed by atoms with Crippen LogP contribution in [0.3, 0.4) is 0 Å². The number of unbranched alkanes of at least 4 members (excludes halogenated alkanes) is 4. The lowest BCUT2D eigenvalue weighted by atomic mass is 9.77. The van der Waals surface area contributed by atoms with Crippen LogP contribution in [0.15, 0.2) is 0 Å². The van der Waals surface area contributed by atoms with Crippen molar-refractivity contribution in [3.63, 3.8) is 0 Å². The first-order valence-electron chi connectivity index (χ1n) is 12.5. The quantitative estimate of drug-likeness (QED) is 0.198. The van der Waals surface area contributed by atoms with Crippen molar-refractivity contribution in [3.05, 3.63) is 0 Å². The van der Waals surface area contributed by atoms with Crippen LogP contribution in [0, 0.1) is 5.92 Å². The van der Waals surface area contributed by atoms with Crippen LogP contribution >= 0.6 is 9.24 Å². The molecule has 0 heterocycles. The number of hydrogen-bond acceptors (Lipinski definition) is 2. The monoisotopic (exact) mass is 414 g/mol. The predicted molar refractivity (Wildman–Crippen MR) is 128 cm³/mol. The van der Waals surface area contributed by atoms with Crippen LogP contribution < -0.4 is 0 Å². The van der Waals surface area contributed by atoms with Crippen molar-refractivity contribution < 1.29 is 9.53 Å². The molecule has 28 heavy (non-hydrogen) atoms. The molecule has 1 aliphatic carbocycles. The van der Waals surface area contributed by atoms with Gasteiger partial charge in [-0.05, 0) is 62.4 Å². The molecule has 0 bridgehead atoms. The smallest absolute Gasteiger partial charge is 0.293 e. The minimum absolute atomic E-state index is 0.233. The lowest BCUT2D eigenvalue weighted by Crippen LogP contribution is -2.32. The molecule has 0 aromatic heterocycles. The Bertz CT molecular complexity index is 323. The largest absolute Gasteiger partial charge is 0.465 e. The molecule has 0 aromatic carbocycles. The lowest BCUT2D eigenvalue weighted by molar-refractivity contribution is -0.134. The van der Waals surface area contributed by atoms with Crippen molar-refractivity contribution in [2.45, 2.75) is 148 Å². The van der Waals surface area contributed by atoms with Gasteiger partial charge >= 0.3 is 0 Å². The molecule has 1 atom stereocenters. The van der Waals surface area contributed by atoms with Gasteiger partial charge in [-0.3, -0.25) is 4.79 Å². The van der Waals surface area contributed by atoms with Gasteiger partial charge in [-0.2, -0.15) is 0 Å². The summed E-state index contributed by atoms with van der Waals surface area (Å²) in [6.07, 6.45) is 22.9. The van der Waals surface area contributed by atoms with Gasteiger partial charge in [0.15, 0.2) is 0 Å². The Morgan fingerprint density at radius 1 is 0.857 bits per heavy atom. The van der Waals surface area contributed by atoms with Gasteiger partial charge in [0.25, 0.3) is 6.47 Å². The molecule has 0 aliphatic heterocycles. The summed E-state index contributed by atoms with van der Waals surface area (Å²) >= 11 is 0. The fraction of sp³-hybridized carbons (Fsp3) is 0.960. The van der Waals surface area contributed by atoms with Gasteiger partial charge in [0.05, 0.1) is 0 Å². The topological polar surface area (TPSA) is 26.3 Å². The molecule has 168 valence electrons. The molecule has 1 aliphatic rings. The number of carbonyl (C=O) groups excluding carboxylic acids is 1. The average molecular weight is 415 g/mol. The number of hydrogen-bond donors (Lipinski definition) is 0. The molecule has 0 radical (unpaired) electrons. The molecule has 0 saturated heterocycles. The maximum Gasteiger partial charge on any atom is 0.293 e. The molecular weight excluding hydrogens is 363 g/mol. The number of carbonyl (C=O) groups is 1. The van der Waals surface area contributed by atoms with Gasteiger partial charge in [-0.25, -0.2) is 0 Å². The van der Waals surface area contributed by atoms with Crippen molar-refractivity contribution in [1.82, 2.24) is 0 Å². The number of ether oxygens (including phenoxy) is 1. The standard InChI is InChI=1S/C18H39P.C7H12O2/c1-5-9-13-17(14-10-6-2)18(19,15-11-7-3)16-12-8-4;8-6-9-7-4-2-1-3-5-7/h17H,5-16,19H2,1-4H3;6-7H,1-5H2.